The lowest BCUT2D eigenvalue weighted by Crippen LogP contribution is -2.45. The van der Waals surface area contributed by atoms with Crippen LogP contribution in [0.3, 0.4) is 0 Å². The Morgan fingerprint density at radius 3 is 2.57 bits per heavy atom. The van der Waals surface area contributed by atoms with E-state index in [9.17, 15) is 9.59 Å². The molecule has 116 valence electrons. The number of methoxy groups -OCH3 is 1. The zero-order valence-corrected chi connectivity index (χ0v) is 13.5. The van der Waals surface area contributed by atoms with Crippen LogP contribution in [-0.2, 0) is 16.0 Å². The summed E-state index contributed by atoms with van der Waals surface area (Å²) < 4.78 is 4.70. The van der Waals surface area contributed by atoms with E-state index in [1.54, 1.807) is 6.07 Å². The van der Waals surface area contributed by atoms with Crippen LogP contribution in [0.25, 0.3) is 0 Å². The van der Waals surface area contributed by atoms with Crippen molar-refractivity contribution in [3.8, 4) is 0 Å². The summed E-state index contributed by atoms with van der Waals surface area (Å²) in [5.74, 6) is -0.901. The first-order valence-corrected chi connectivity index (χ1v) is 7.32. The highest BCUT2D eigenvalue weighted by Crippen LogP contribution is 2.13. The van der Waals surface area contributed by atoms with E-state index in [0.717, 1.165) is 18.5 Å². The lowest BCUT2D eigenvalue weighted by molar-refractivity contribution is -0.144. The molecule has 1 heterocycles. The van der Waals surface area contributed by atoms with Crippen molar-refractivity contribution >= 4 is 23.5 Å². The number of rotatable bonds is 6. The van der Waals surface area contributed by atoms with Crippen LogP contribution in [0, 0.1) is 5.92 Å². The highest BCUT2D eigenvalue weighted by molar-refractivity contribution is 6.29. The Morgan fingerprint density at radius 2 is 2.05 bits per heavy atom. The number of carbonyl (C=O) groups excluding carboxylic acids is 2. The van der Waals surface area contributed by atoms with E-state index in [2.05, 4.69) is 10.3 Å². The number of aryl methyl sites for hydroxylation is 1. The van der Waals surface area contributed by atoms with Crippen LogP contribution in [0.1, 0.15) is 43.2 Å². The van der Waals surface area contributed by atoms with E-state index in [1.807, 2.05) is 20.8 Å². The second-order valence-corrected chi connectivity index (χ2v) is 5.53. The fourth-order valence-electron chi connectivity index (χ4n) is 1.92. The van der Waals surface area contributed by atoms with Gasteiger partial charge < -0.3 is 10.1 Å². The molecule has 0 fully saturated rings. The van der Waals surface area contributed by atoms with Gasteiger partial charge in [0, 0.05) is 11.3 Å². The topological polar surface area (TPSA) is 68.3 Å². The Hall–Kier alpha value is -1.62. The summed E-state index contributed by atoms with van der Waals surface area (Å²) in [6.07, 6.45) is 1.65. The first-order chi connectivity index (χ1) is 9.88. The van der Waals surface area contributed by atoms with Gasteiger partial charge in [0.05, 0.1) is 7.11 Å². The van der Waals surface area contributed by atoms with Gasteiger partial charge in [-0.25, -0.2) is 9.78 Å². The predicted octanol–water partition coefficient (Wildman–Crippen LogP) is 2.61. The molecule has 0 saturated carbocycles. The van der Waals surface area contributed by atoms with Gasteiger partial charge in [-0.1, -0.05) is 38.8 Å². The highest BCUT2D eigenvalue weighted by atomic mass is 35.5. The van der Waals surface area contributed by atoms with Crippen molar-refractivity contribution in [2.24, 2.45) is 5.92 Å². The third-order valence-corrected chi connectivity index (χ3v) is 3.22. The lowest BCUT2D eigenvalue weighted by Gasteiger charge is -2.20. The Labute approximate surface area is 130 Å². The number of nitrogens with zero attached hydrogens (tertiary/aromatic N) is 1. The van der Waals surface area contributed by atoms with Crippen LogP contribution in [0.5, 0.6) is 0 Å². The monoisotopic (exact) mass is 312 g/mol. The molecule has 0 aromatic carbocycles. The minimum atomic E-state index is -0.691. The number of amides is 1. The molecular weight excluding hydrogens is 292 g/mol. The van der Waals surface area contributed by atoms with Crippen molar-refractivity contribution in [3.05, 3.63) is 28.5 Å². The molecule has 1 aromatic rings. The van der Waals surface area contributed by atoms with E-state index >= 15 is 0 Å². The summed E-state index contributed by atoms with van der Waals surface area (Å²) in [6, 6.07) is 2.49. The molecule has 1 N–H and O–H groups in total. The number of carbonyl (C=O) groups is 2. The average molecular weight is 313 g/mol. The minimum absolute atomic E-state index is 0.0752. The van der Waals surface area contributed by atoms with Crippen LogP contribution in [0.4, 0.5) is 0 Å². The molecule has 21 heavy (non-hydrogen) atoms. The van der Waals surface area contributed by atoms with Crippen LogP contribution in [-0.4, -0.2) is 30.0 Å². The fourth-order valence-corrected chi connectivity index (χ4v) is 2.14. The molecule has 6 heteroatoms. The predicted molar refractivity (Wildman–Crippen MR) is 81.4 cm³/mol. The molecule has 0 radical (unpaired) electrons. The third-order valence-electron chi connectivity index (χ3n) is 3.02. The maximum atomic E-state index is 12.3. The summed E-state index contributed by atoms with van der Waals surface area (Å²) in [4.78, 5) is 28.1. The van der Waals surface area contributed by atoms with Gasteiger partial charge in [0.2, 0.25) is 0 Å². The van der Waals surface area contributed by atoms with Crippen LogP contribution >= 0.6 is 11.6 Å². The van der Waals surface area contributed by atoms with E-state index in [0.29, 0.717) is 5.56 Å². The summed E-state index contributed by atoms with van der Waals surface area (Å²) in [7, 11) is 1.30. The number of aromatic nitrogens is 1. The van der Waals surface area contributed by atoms with Crippen molar-refractivity contribution < 1.29 is 14.3 Å². The van der Waals surface area contributed by atoms with E-state index in [-0.39, 0.29) is 17.0 Å². The molecule has 0 aliphatic heterocycles. The first kappa shape index (κ1) is 17.4. The van der Waals surface area contributed by atoms with Gasteiger partial charge in [-0.15, -0.1) is 0 Å². The zero-order valence-electron chi connectivity index (χ0n) is 12.8. The van der Waals surface area contributed by atoms with Crippen molar-refractivity contribution in [3.63, 3.8) is 0 Å². The lowest BCUT2D eigenvalue weighted by atomic mass is 10.0. The number of ether oxygens (including phenoxy) is 1. The molecule has 0 spiro atoms. The zero-order chi connectivity index (χ0) is 16.0. The number of hydrogen-bond donors (Lipinski definition) is 1. The second-order valence-electron chi connectivity index (χ2n) is 5.14. The van der Waals surface area contributed by atoms with Crippen molar-refractivity contribution in [2.75, 3.05) is 7.11 Å². The number of pyridine rings is 1. The maximum Gasteiger partial charge on any atom is 0.328 e. The number of esters is 1. The van der Waals surface area contributed by atoms with Crippen molar-refractivity contribution in [1.29, 1.82) is 0 Å². The van der Waals surface area contributed by atoms with Crippen LogP contribution in [0.15, 0.2) is 12.1 Å². The number of hydrogen-bond acceptors (Lipinski definition) is 4. The molecule has 0 aliphatic carbocycles. The SMILES string of the molecule is CCCc1cc(C(=O)N[C@H](C(=O)OC)C(C)C)cc(Cl)n1. The van der Waals surface area contributed by atoms with Crippen molar-refractivity contribution in [1.82, 2.24) is 10.3 Å². The quantitative estimate of drug-likeness (QED) is 0.647. The Bertz CT molecular complexity index is 518. The normalized spacial score (nSPS) is 12.1. The molecule has 1 aromatic heterocycles. The molecule has 0 unspecified atom stereocenters. The van der Waals surface area contributed by atoms with Gasteiger partial charge in [0.25, 0.3) is 5.91 Å². The van der Waals surface area contributed by atoms with Crippen molar-refractivity contribution in [2.45, 2.75) is 39.7 Å². The minimum Gasteiger partial charge on any atom is -0.467 e. The molecule has 1 rings (SSSR count). The molecule has 0 aliphatic rings. The Kier molecular flexibility index (Phi) is 6.62. The first-order valence-electron chi connectivity index (χ1n) is 6.94. The third kappa shape index (κ3) is 5.01. The van der Waals surface area contributed by atoms with Gasteiger partial charge in [-0.05, 0) is 24.5 Å². The van der Waals surface area contributed by atoms with E-state index in [1.165, 1.54) is 13.2 Å². The second kappa shape index (κ2) is 7.98. The van der Waals surface area contributed by atoms with Gasteiger partial charge in [0.1, 0.15) is 11.2 Å². The summed E-state index contributed by atoms with van der Waals surface area (Å²) >= 11 is 5.94. The average Bonchev–Trinajstić information content (AvgIpc) is 2.43. The summed E-state index contributed by atoms with van der Waals surface area (Å²) in [6.45, 7) is 5.70. The Balaban J connectivity index is 2.94. The number of nitrogens with one attached hydrogen (secondary N) is 1. The number of halogens is 1. The molecule has 0 saturated heterocycles. The molecular formula is C15H21ClN2O3. The standard InChI is InChI=1S/C15H21ClN2O3/c1-5-6-11-7-10(8-12(16)17-11)14(19)18-13(9(2)3)15(20)21-4/h7-9,13H,5-6H2,1-4H3,(H,18,19)/t13-/m0/s1. The summed E-state index contributed by atoms with van der Waals surface area (Å²) in [5.41, 5.74) is 1.15. The molecule has 1 amide bonds. The highest BCUT2D eigenvalue weighted by Gasteiger charge is 2.25. The molecule has 0 bridgehead atoms. The van der Waals surface area contributed by atoms with Gasteiger partial charge in [-0.3, -0.25) is 4.79 Å². The largest absolute Gasteiger partial charge is 0.467 e. The van der Waals surface area contributed by atoms with Crippen LogP contribution in [0.2, 0.25) is 5.15 Å². The van der Waals surface area contributed by atoms with E-state index in [4.69, 9.17) is 16.3 Å². The molecule has 1 atom stereocenters. The van der Waals surface area contributed by atoms with E-state index < -0.39 is 12.0 Å². The van der Waals surface area contributed by atoms with Gasteiger partial charge in [0.15, 0.2) is 0 Å². The molecule has 5 nitrogen and oxygen atoms in total. The van der Waals surface area contributed by atoms with Gasteiger partial charge >= 0.3 is 5.97 Å². The fraction of sp³-hybridized carbons (Fsp3) is 0.533. The Morgan fingerprint density at radius 1 is 1.38 bits per heavy atom. The van der Waals surface area contributed by atoms with Crippen LogP contribution < -0.4 is 5.32 Å². The smallest absolute Gasteiger partial charge is 0.328 e. The van der Waals surface area contributed by atoms with Gasteiger partial charge in [-0.2, -0.15) is 0 Å². The summed E-state index contributed by atoms with van der Waals surface area (Å²) in [5, 5.41) is 2.95. The maximum absolute atomic E-state index is 12.3.